The quantitative estimate of drug-likeness (QED) is 0.767. The van der Waals surface area contributed by atoms with E-state index in [2.05, 4.69) is 24.0 Å². The van der Waals surface area contributed by atoms with E-state index >= 15 is 0 Å². The zero-order valence-corrected chi connectivity index (χ0v) is 12.5. The van der Waals surface area contributed by atoms with Crippen LogP contribution in [0.5, 0.6) is 0 Å². The van der Waals surface area contributed by atoms with Gasteiger partial charge in [-0.25, -0.2) is 0 Å². The monoisotopic (exact) mass is 281 g/mol. The molecule has 0 aromatic heterocycles. The minimum Gasteiger partial charge on any atom is -0.303 e. The number of hydrogen-bond donors (Lipinski definition) is 0. The van der Waals surface area contributed by atoms with Crippen LogP contribution in [0.3, 0.4) is 0 Å². The number of aryl methyl sites for hydroxylation is 1. The average Bonchev–Trinajstić information content (AvgIpc) is 2.46. The molecule has 19 heavy (non-hydrogen) atoms. The molecule has 1 saturated heterocycles. The van der Waals surface area contributed by atoms with Crippen LogP contribution in [0.15, 0.2) is 24.3 Å². The highest BCUT2D eigenvalue weighted by Crippen LogP contribution is 2.11. The van der Waals surface area contributed by atoms with Crippen molar-refractivity contribution in [1.82, 2.24) is 4.90 Å². The first-order valence-electron chi connectivity index (χ1n) is 7.14. The molecule has 1 aliphatic heterocycles. The second-order valence-corrected chi connectivity index (χ2v) is 5.13. The molecule has 2 nitrogen and oxygen atoms in total. The van der Waals surface area contributed by atoms with Crippen LogP contribution in [-0.2, 0) is 6.42 Å². The fourth-order valence-electron chi connectivity index (χ4n) is 2.51. The highest BCUT2D eigenvalue weighted by atomic mass is 35.5. The van der Waals surface area contributed by atoms with Crippen molar-refractivity contribution in [3.8, 4) is 0 Å². The number of carbonyl (C=O) groups excluding carboxylic acids is 1. The maximum absolute atomic E-state index is 12.1. The lowest BCUT2D eigenvalue weighted by Crippen LogP contribution is -2.31. The number of ketones is 1. The van der Waals surface area contributed by atoms with Gasteiger partial charge in [-0.15, -0.1) is 12.4 Å². The average molecular weight is 282 g/mol. The summed E-state index contributed by atoms with van der Waals surface area (Å²) in [6.45, 7) is 5.39. The maximum Gasteiger partial charge on any atom is 0.164 e. The van der Waals surface area contributed by atoms with Crippen molar-refractivity contribution in [2.75, 3.05) is 19.6 Å². The molecule has 0 unspecified atom stereocenters. The number of halogens is 1. The molecule has 2 rings (SSSR count). The molecule has 1 fully saturated rings. The second kappa shape index (κ2) is 8.34. The molecule has 0 N–H and O–H groups in total. The van der Waals surface area contributed by atoms with E-state index in [0.717, 1.165) is 18.5 Å². The third kappa shape index (κ3) is 4.96. The Balaban J connectivity index is 0.00000180. The smallest absolute Gasteiger partial charge is 0.164 e. The predicted molar refractivity (Wildman–Crippen MR) is 82.3 cm³/mol. The summed E-state index contributed by atoms with van der Waals surface area (Å²) in [4.78, 5) is 14.5. The van der Waals surface area contributed by atoms with E-state index in [1.54, 1.807) is 0 Å². The molecule has 106 valence electrons. The summed E-state index contributed by atoms with van der Waals surface area (Å²) < 4.78 is 0. The number of Topliss-reactive ketones (excluding diaryl/α,β-unsaturated/α-hetero) is 1. The van der Waals surface area contributed by atoms with E-state index in [1.165, 1.54) is 37.9 Å². The summed E-state index contributed by atoms with van der Waals surface area (Å²) in [5.74, 6) is 0.281. The molecular formula is C16H24ClNO. The Morgan fingerprint density at radius 2 is 1.74 bits per heavy atom. The fraction of sp³-hybridized carbons (Fsp3) is 0.562. The SMILES string of the molecule is CCc1ccc(C(=O)CCN2CCCCC2)cc1.Cl. The van der Waals surface area contributed by atoms with E-state index in [4.69, 9.17) is 0 Å². The molecule has 1 aliphatic rings. The number of likely N-dealkylation sites (tertiary alicyclic amines) is 1. The first kappa shape index (κ1) is 16.2. The summed E-state index contributed by atoms with van der Waals surface area (Å²) in [6, 6.07) is 8.07. The number of carbonyl (C=O) groups is 1. The van der Waals surface area contributed by atoms with Crippen LogP contribution in [0.4, 0.5) is 0 Å². The summed E-state index contributed by atoms with van der Waals surface area (Å²) in [6.07, 6.45) is 5.62. The molecule has 0 saturated carbocycles. The van der Waals surface area contributed by atoms with Gasteiger partial charge in [0.05, 0.1) is 0 Å². The lowest BCUT2D eigenvalue weighted by molar-refractivity contribution is 0.0958. The Labute approximate surface area is 122 Å². The highest BCUT2D eigenvalue weighted by molar-refractivity contribution is 5.96. The first-order valence-corrected chi connectivity index (χ1v) is 7.14. The van der Waals surface area contributed by atoms with E-state index in [-0.39, 0.29) is 18.2 Å². The second-order valence-electron chi connectivity index (χ2n) is 5.13. The summed E-state index contributed by atoms with van der Waals surface area (Å²) >= 11 is 0. The van der Waals surface area contributed by atoms with Gasteiger partial charge in [0.2, 0.25) is 0 Å². The maximum atomic E-state index is 12.1. The predicted octanol–water partition coefficient (Wildman–Crippen LogP) is 3.73. The molecule has 1 aromatic rings. The highest BCUT2D eigenvalue weighted by Gasteiger charge is 2.12. The summed E-state index contributed by atoms with van der Waals surface area (Å²) in [5, 5.41) is 0. The molecule has 3 heteroatoms. The van der Waals surface area contributed by atoms with Crippen LogP contribution in [-0.4, -0.2) is 30.3 Å². The zero-order chi connectivity index (χ0) is 12.8. The normalized spacial score (nSPS) is 15.8. The Kier molecular flexibility index (Phi) is 7.11. The molecule has 0 radical (unpaired) electrons. The minimum atomic E-state index is 0. The van der Waals surface area contributed by atoms with Crippen LogP contribution in [0.25, 0.3) is 0 Å². The molecule has 1 aromatic carbocycles. The molecule has 0 aliphatic carbocycles. The Morgan fingerprint density at radius 3 is 2.32 bits per heavy atom. The van der Waals surface area contributed by atoms with Crippen LogP contribution in [0.1, 0.15) is 48.5 Å². The number of piperidine rings is 1. The van der Waals surface area contributed by atoms with Gasteiger partial charge >= 0.3 is 0 Å². The van der Waals surface area contributed by atoms with Gasteiger partial charge < -0.3 is 4.90 Å². The van der Waals surface area contributed by atoms with Crippen molar-refractivity contribution in [3.05, 3.63) is 35.4 Å². The van der Waals surface area contributed by atoms with Crippen LogP contribution in [0, 0.1) is 0 Å². The summed E-state index contributed by atoms with van der Waals surface area (Å²) in [5.41, 5.74) is 2.16. The van der Waals surface area contributed by atoms with E-state index in [1.807, 2.05) is 12.1 Å². The van der Waals surface area contributed by atoms with Crippen molar-refractivity contribution in [2.24, 2.45) is 0 Å². The molecule has 1 heterocycles. The van der Waals surface area contributed by atoms with Gasteiger partial charge in [0.25, 0.3) is 0 Å². The molecule has 0 atom stereocenters. The van der Waals surface area contributed by atoms with E-state index in [9.17, 15) is 4.79 Å². The van der Waals surface area contributed by atoms with Gasteiger partial charge in [0.1, 0.15) is 0 Å². The standard InChI is InChI=1S/C16H23NO.ClH/c1-2-14-6-8-15(9-7-14)16(18)10-13-17-11-4-3-5-12-17;/h6-9H,2-5,10-13H2,1H3;1H. The Hall–Kier alpha value is -0.860. The van der Waals surface area contributed by atoms with Gasteiger partial charge in [-0.2, -0.15) is 0 Å². The third-order valence-corrected chi connectivity index (χ3v) is 3.79. The van der Waals surface area contributed by atoms with Gasteiger partial charge in [-0.05, 0) is 37.9 Å². The topological polar surface area (TPSA) is 20.3 Å². The number of benzene rings is 1. The lowest BCUT2D eigenvalue weighted by Gasteiger charge is -2.25. The van der Waals surface area contributed by atoms with Crippen LogP contribution >= 0.6 is 12.4 Å². The molecule has 0 spiro atoms. The number of nitrogens with zero attached hydrogens (tertiary/aromatic N) is 1. The van der Waals surface area contributed by atoms with E-state index < -0.39 is 0 Å². The van der Waals surface area contributed by atoms with Crippen molar-refractivity contribution in [2.45, 2.75) is 39.0 Å². The largest absolute Gasteiger partial charge is 0.303 e. The van der Waals surface area contributed by atoms with Gasteiger partial charge in [-0.1, -0.05) is 37.6 Å². The third-order valence-electron chi connectivity index (χ3n) is 3.79. The Bertz CT molecular complexity index is 382. The zero-order valence-electron chi connectivity index (χ0n) is 11.7. The van der Waals surface area contributed by atoms with Gasteiger partial charge in [0.15, 0.2) is 5.78 Å². The first-order chi connectivity index (χ1) is 8.79. The molecular weight excluding hydrogens is 258 g/mol. The van der Waals surface area contributed by atoms with Crippen molar-refractivity contribution in [3.63, 3.8) is 0 Å². The van der Waals surface area contributed by atoms with Crippen molar-refractivity contribution < 1.29 is 4.79 Å². The van der Waals surface area contributed by atoms with Crippen molar-refractivity contribution >= 4 is 18.2 Å². The molecule has 0 amide bonds. The minimum absolute atomic E-state index is 0. The van der Waals surface area contributed by atoms with Crippen LogP contribution in [0.2, 0.25) is 0 Å². The Morgan fingerprint density at radius 1 is 1.11 bits per heavy atom. The number of rotatable bonds is 5. The number of hydrogen-bond acceptors (Lipinski definition) is 2. The lowest BCUT2D eigenvalue weighted by atomic mass is 10.0. The molecule has 0 bridgehead atoms. The van der Waals surface area contributed by atoms with Gasteiger partial charge in [-0.3, -0.25) is 4.79 Å². The van der Waals surface area contributed by atoms with Gasteiger partial charge in [0, 0.05) is 18.5 Å². The van der Waals surface area contributed by atoms with Crippen molar-refractivity contribution in [1.29, 1.82) is 0 Å². The van der Waals surface area contributed by atoms with E-state index in [0.29, 0.717) is 6.42 Å². The summed E-state index contributed by atoms with van der Waals surface area (Å²) in [7, 11) is 0. The fourth-order valence-corrected chi connectivity index (χ4v) is 2.51. The van der Waals surface area contributed by atoms with Crippen LogP contribution < -0.4 is 0 Å².